The second-order valence-electron chi connectivity index (χ2n) is 5.96. The Kier molecular flexibility index (Phi) is 13.3. The van der Waals surface area contributed by atoms with Gasteiger partial charge in [-0.1, -0.05) is 65.7 Å². The maximum atomic E-state index is 5.66. The maximum absolute atomic E-state index is 5.66. The van der Waals surface area contributed by atoms with E-state index in [0.29, 0.717) is 0 Å². The van der Waals surface area contributed by atoms with E-state index in [1.807, 2.05) is 0 Å². The van der Waals surface area contributed by atoms with E-state index in [1.54, 1.807) is 0 Å². The van der Waals surface area contributed by atoms with Crippen LogP contribution >= 0.6 is 0 Å². The average Bonchev–Trinajstić information content (AvgIpc) is 2.32. The molecule has 0 heterocycles. The van der Waals surface area contributed by atoms with Crippen molar-refractivity contribution in [3.05, 3.63) is 0 Å². The molecule has 0 bridgehead atoms. The van der Waals surface area contributed by atoms with Crippen LogP contribution in [-0.4, -0.2) is 31.1 Å². The molecule has 0 saturated carbocycles. The topological polar surface area (TPSA) is 29.3 Å². The third-order valence-electron chi connectivity index (χ3n) is 3.40. The summed E-state index contributed by atoms with van der Waals surface area (Å²) in [6.07, 6.45) is 11.2. The van der Waals surface area contributed by atoms with Gasteiger partial charge in [0.2, 0.25) is 0 Å². The Bertz CT molecular complexity index is 157. The summed E-state index contributed by atoms with van der Waals surface area (Å²) in [5, 5.41) is 0. The van der Waals surface area contributed by atoms with Gasteiger partial charge in [-0.3, -0.25) is 0 Å². The Morgan fingerprint density at radius 2 is 1.39 bits per heavy atom. The molecule has 0 rings (SSSR count). The number of hydrogen-bond acceptors (Lipinski definition) is 2. The second-order valence-corrected chi connectivity index (χ2v) is 5.96. The van der Waals surface area contributed by atoms with Gasteiger partial charge < -0.3 is 10.6 Å². The number of rotatable bonds is 13. The van der Waals surface area contributed by atoms with Crippen molar-refractivity contribution in [2.24, 2.45) is 11.7 Å². The van der Waals surface area contributed by atoms with Crippen LogP contribution in [-0.2, 0) is 0 Å². The van der Waals surface area contributed by atoms with Gasteiger partial charge >= 0.3 is 0 Å². The Morgan fingerprint density at radius 1 is 0.833 bits per heavy atom. The average molecular weight is 256 g/mol. The molecule has 0 unspecified atom stereocenters. The summed E-state index contributed by atoms with van der Waals surface area (Å²) in [5.74, 6) is 0.755. The maximum Gasteiger partial charge on any atom is 0.0105 e. The first-order chi connectivity index (χ1) is 8.70. The zero-order valence-corrected chi connectivity index (χ0v) is 13.1. The fourth-order valence-corrected chi connectivity index (χ4v) is 2.46. The fraction of sp³-hybridized carbons (Fsp3) is 1.00. The standard InChI is InChI=1S/C16H36N2/c1-4-5-6-7-8-9-10-11-13-18(14-12-17)15-16(2)3/h16H,4-15,17H2,1-3H3. The van der Waals surface area contributed by atoms with Gasteiger partial charge in [-0.25, -0.2) is 0 Å². The largest absolute Gasteiger partial charge is 0.329 e. The molecule has 0 aromatic carbocycles. The molecule has 2 nitrogen and oxygen atoms in total. The highest BCUT2D eigenvalue weighted by Crippen LogP contribution is 2.09. The van der Waals surface area contributed by atoms with Crippen molar-refractivity contribution in [3.8, 4) is 0 Å². The molecule has 0 aliphatic heterocycles. The molecular formula is C16H36N2. The lowest BCUT2D eigenvalue weighted by molar-refractivity contribution is 0.245. The Hall–Kier alpha value is -0.0800. The molecule has 0 aliphatic carbocycles. The van der Waals surface area contributed by atoms with E-state index in [4.69, 9.17) is 5.73 Å². The van der Waals surface area contributed by atoms with Crippen LogP contribution in [0.1, 0.15) is 72.1 Å². The minimum Gasteiger partial charge on any atom is -0.329 e. The summed E-state index contributed by atoms with van der Waals surface area (Å²) in [6.45, 7) is 11.2. The smallest absolute Gasteiger partial charge is 0.0105 e. The van der Waals surface area contributed by atoms with E-state index in [0.717, 1.165) is 19.0 Å². The zero-order valence-electron chi connectivity index (χ0n) is 13.1. The molecule has 0 radical (unpaired) electrons. The van der Waals surface area contributed by atoms with Gasteiger partial charge in [0.1, 0.15) is 0 Å². The van der Waals surface area contributed by atoms with Crippen LogP contribution < -0.4 is 5.73 Å². The number of unbranched alkanes of at least 4 members (excludes halogenated alkanes) is 7. The van der Waals surface area contributed by atoms with E-state index in [1.165, 1.54) is 64.5 Å². The summed E-state index contributed by atoms with van der Waals surface area (Å²) in [6, 6.07) is 0. The first-order valence-electron chi connectivity index (χ1n) is 8.13. The second kappa shape index (κ2) is 13.4. The van der Waals surface area contributed by atoms with Crippen molar-refractivity contribution in [1.29, 1.82) is 0 Å². The van der Waals surface area contributed by atoms with Crippen LogP contribution in [0.5, 0.6) is 0 Å². The highest BCUT2D eigenvalue weighted by atomic mass is 15.1. The minimum absolute atomic E-state index is 0.755. The highest BCUT2D eigenvalue weighted by Gasteiger charge is 2.05. The lowest BCUT2D eigenvalue weighted by Gasteiger charge is -2.23. The SMILES string of the molecule is CCCCCCCCCCN(CCN)CC(C)C. The van der Waals surface area contributed by atoms with Gasteiger partial charge in [0.25, 0.3) is 0 Å². The van der Waals surface area contributed by atoms with E-state index in [9.17, 15) is 0 Å². The third-order valence-corrected chi connectivity index (χ3v) is 3.40. The van der Waals surface area contributed by atoms with Crippen LogP contribution in [0.3, 0.4) is 0 Å². The molecule has 110 valence electrons. The van der Waals surface area contributed by atoms with E-state index < -0.39 is 0 Å². The zero-order chi connectivity index (χ0) is 13.6. The Morgan fingerprint density at radius 3 is 1.89 bits per heavy atom. The summed E-state index contributed by atoms with van der Waals surface area (Å²) >= 11 is 0. The van der Waals surface area contributed by atoms with Crippen molar-refractivity contribution in [2.45, 2.75) is 72.1 Å². The predicted octanol–water partition coefficient (Wildman–Crippen LogP) is 4.04. The van der Waals surface area contributed by atoms with Gasteiger partial charge in [0.15, 0.2) is 0 Å². The van der Waals surface area contributed by atoms with Crippen molar-refractivity contribution in [2.75, 3.05) is 26.2 Å². The molecule has 0 saturated heterocycles. The molecule has 0 fully saturated rings. The third kappa shape index (κ3) is 12.4. The van der Waals surface area contributed by atoms with Gasteiger partial charge in [-0.15, -0.1) is 0 Å². The lowest BCUT2D eigenvalue weighted by Crippen LogP contribution is -2.33. The summed E-state index contributed by atoms with van der Waals surface area (Å²) in [7, 11) is 0. The summed E-state index contributed by atoms with van der Waals surface area (Å²) in [4.78, 5) is 2.53. The van der Waals surface area contributed by atoms with Gasteiger partial charge in [-0.2, -0.15) is 0 Å². The van der Waals surface area contributed by atoms with Crippen molar-refractivity contribution >= 4 is 0 Å². The molecule has 0 amide bonds. The first kappa shape index (κ1) is 17.9. The van der Waals surface area contributed by atoms with Crippen LogP contribution in [0.4, 0.5) is 0 Å². The molecule has 0 aromatic rings. The molecular weight excluding hydrogens is 220 g/mol. The predicted molar refractivity (Wildman–Crippen MR) is 82.9 cm³/mol. The quantitative estimate of drug-likeness (QED) is 0.504. The van der Waals surface area contributed by atoms with E-state index in [2.05, 4.69) is 25.7 Å². The van der Waals surface area contributed by atoms with Crippen LogP contribution in [0, 0.1) is 5.92 Å². The number of nitrogens with two attached hydrogens (primary N) is 1. The van der Waals surface area contributed by atoms with E-state index in [-0.39, 0.29) is 0 Å². The number of nitrogens with zero attached hydrogens (tertiary/aromatic N) is 1. The molecule has 0 spiro atoms. The molecule has 18 heavy (non-hydrogen) atoms. The minimum atomic E-state index is 0.755. The van der Waals surface area contributed by atoms with Crippen molar-refractivity contribution in [3.63, 3.8) is 0 Å². The monoisotopic (exact) mass is 256 g/mol. The van der Waals surface area contributed by atoms with Crippen molar-refractivity contribution in [1.82, 2.24) is 4.90 Å². The van der Waals surface area contributed by atoms with Crippen LogP contribution in [0.25, 0.3) is 0 Å². The molecule has 0 aromatic heterocycles. The Labute approximate surface area is 115 Å². The van der Waals surface area contributed by atoms with Crippen molar-refractivity contribution < 1.29 is 0 Å². The lowest BCUT2D eigenvalue weighted by atomic mass is 10.1. The summed E-state index contributed by atoms with van der Waals surface area (Å²) in [5.41, 5.74) is 5.66. The fourth-order valence-electron chi connectivity index (χ4n) is 2.46. The summed E-state index contributed by atoms with van der Waals surface area (Å²) < 4.78 is 0. The normalized spacial score (nSPS) is 11.7. The van der Waals surface area contributed by atoms with Crippen LogP contribution in [0.15, 0.2) is 0 Å². The molecule has 2 N–H and O–H groups in total. The molecule has 0 aliphatic rings. The van der Waals surface area contributed by atoms with Gasteiger partial charge in [-0.05, 0) is 18.9 Å². The van der Waals surface area contributed by atoms with E-state index >= 15 is 0 Å². The van der Waals surface area contributed by atoms with Gasteiger partial charge in [0, 0.05) is 19.6 Å². The highest BCUT2D eigenvalue weighted by molar-refractivity contribution is 4.61. The molecule has 2 heteroatoms. The Balaban J connectivity index is 3.37. The first-order valence-corrected chi connectivity index (χ1v) is 8.13. The van der Waals surface area contributed by atoms with Crippen LogP contribution in [0.2, 0.25) is 0 Å². The number of hydrogen-bond donors (Lipinski definition) is 1. The molecule has 0 atom stereocenters. The van der Waals surface area contributed by atoms with Gasteiger partial charge in [0.05, 0.1) is 0 Å².